The molecule has 0 unspecified atom stereocenters. The van der Waals surface area contributed by atoms with Crippen LogP contribution in [0.4, 0.5) is 5.69 Å². The van der Waals surface area contributed by atoms with Crippen LogP contribution >= 0.6 is 11.3 Å². The van der Waals surface area contributed by atoms with Gasteiger partial charge in [-0.1, -0.05) is 24.3 Å². The molecule has 15 heavy (non-hydrogen) atoms. The smallest absolute Gasteiger partial charge is 0.0359 e. The van der Waals surface area contributed by atoms with Crippen molar-refractivity contribution >= 4 is 17.0 Å². The van der Waals surface area contributed by atoms with E-state index in [0.29, 0.717) is 0 Å². The Labute approximate surface area is 93.7 Å². The van der Waals surface area contributed by atoms with Gasteiger partial charge < -0.3 is 11.1 Å². The number of nitrogen functional groups attached to an aromatic ring is 1. The highest BCUT2D eigenvalue weighted by molar-refractivity contribution is 7.09. The normalized spacial score (nSPS) is 10.4. The number of hydrogen-bond acceptors (Lipinski definition) is 3. The van der Waals surface area contributed by atoms with Crippen molar-refractivity contribution in [3.05, 3.63) is 52.2 Å². The summed E-state index contributed by atoms with van der Waals surface area (Å²) in [6.07, 6.45) is 0. The summed E-state index contributed by atoms with van der Waals surface area (Å²) in [5.74, 6) is 0. The van der Waals surface area contributed by atoms with E-state index in [1.807, 2.05) is 18.2 Å². The van der Waals surface area contributed by atoms with Crippen LogP contribution in [0.25, 0.3) is 0 Å². The number of benzene rings is 1. The van der Waals surface area contributed by atoms with Gasteiger partial charge in [0, 0.05) is 23.7 Å². The van der Waals surface area contributed by atoms with E-state index >= 15 is 0 Å². The third-order valence-corrected chi connectivity index (χ3v) is 3.13. The molecular weight excluding hydrogens is 204 g/mol. The molecule has 0 aliphatic rings. The fraction of sp³-hybridized carbons (Fsp3) is 0.167. The first-order chi connectivity index (χ1) is 7.36. The Hall–Kier alpha value is -1.32. The molecule has 0 fully saturated rings. The fourth-order valence-corrected chi connectivity index (χ4v) is 2.10. The molecule has 1 aromatic heterocycles. The van der Waals surface area contributed by atoms with E-state index in [4.69, 9.17) is 5.73 Å². The summed E-state index contributed by atoms with van der Waals surface area (Å²) in [5.41, 5.74) is 7.86. The minimum absolute atomic E-state index is 0.824. The van der Waals surface area contributed by atoms with Crippen molar-refractivity contribution in [1.82, 2.24) is 5.32 Å². The molecular formula is C12H14N2S. The summed E-state index contributed by atoms with van der Waals surface area (Å²) >= 11 is 1.77. The molecule has 0 spiro atoms. The van der Waals surface area contributed by atoms with Crippen LogP contribution in [0.15, 0.2) is 41.8 Å². The lowest BCUT2D eigenvalue weighted by molar-refractivity contribution is 0.702. The van der Waals surface area contributed by atoms with E-state index in [2.05, 4.69) is 28.9 Å². The third kappa shape index (κ3) is 2.81. The van der Waals surface area contributed by atoms with Crippen LogP contribution in [0.3, 0.4) is 0 Å². The van der Waals surface area contributed by atoms with Gasteiger partial charge in [0.15, 0.2) is 0 Å². The number of anilines is 1. The molecule has 2 rings (SSSR count). The van der Waals surface area contributed by atoms with E-state index in [1.165, 1.54) is 4.88 Å². The lowest BCUT2D eigenvalue weighted by Crippen LogP contribution is -2.12. The Morgan fingerprint density at radius 1 is 1.07 bits per heavy atom. The molecule has 0 aliphatic carbocycles. The van der Waals surface area contributed by atoms with Crippen LogP contribution in [0.1, 0.15) is 10.4 Å². The molecule has 0 amide bonds. The lowest BCUT2D eigenvalue weighted by atomic mass is 10.2. The minimum atomic E-state index is 0.824. The van der Waals surface area contributed by atoms with Crippen molar-refractivity contribution in [2.45, 2.75) is 13.1 Å². The van der Waals surface area contributed by atoms with Crippen LogP contribution in [-0.4, -0.2) is 0 Å². The van der Waals surface area contributed by atoms with Gasteiger partial charge in [0.2, 0.25) is 0 Å². The van der Waals surface area contributed by atoms with E-state index in [9.17, 15) is 0 Å². The highest BCUT2D eigenvalue weighted by atomic mass is 32.1. The number of rotatable bonds is 4. The van der Waals surface area contributed by atoms with Gasteiger partial charge >= 0.3 is 0 Å². The van der Waals surface area contributed by atoms with E-state index in [1.54, 1.807) is 11.3 Å². The molecule has 1 aromatic carbocycles. The zero-order valence-electron chi connectivity index (χ0n) is 8.44. The first kappa shape index (κ1) is 10.2. The minimum Gasteiger partial charge on any atom is -0.398 e. The Kier molecular flexibility index (Phi) is 3.37. The summed E-state index contributed by atoms with van der Waals surface area (Å²) in [5, 5.41) is 5.47. The van der Waals surface area contributed by atoms with Crippen LogP contribution < -0.4 is 11.1 Å². The molecule has 0 radical (unpaired) electrons. The molecule has 0 atom stereocenters. The fourth-order valence-electron chi connectivity index (χ4n) is 1.43. The first-order valence-electron chi connectivity index (χ1n) is 4.93. The van der Waals surface area contributed by atoms with Gasteiger partial charge in [0.1, 0.15) is 0 Å². The van der Waals surface area contributed by atoms with Crippen LogP contribution in [0, 0.1) is 0 Å². The Morgan fingerprint density at radius 3 is 2.67 bits per heavy atom. The zero-order chi connectivity index (χ0) is 10.5. The summed E-state index contributed by atoms with van der Waals surface area (Å²) < 4.78 is 0. The van der Waals surface area contributed by atoms with Gasteiger partial charge in [-0.2, -0.15) is 0 Å². The highest BCUT2D eigenvalue weighted by Crippen LogP contribution is 2.11. The molecule has 0 bridgehead atoms. The first-order valence-corrected chi connectivity index (χ1v) is 5.81. The summed E-state index contributed by atoms with van der Waals surface area (Å²) in [6.45, 7) is 1.73. The van der Waals surface area contributed by atoms with Gasteiger partial charge in [-0.05, 0) is 23.1 Å². The van der Waals surface area contributed by atoms with Gasteiger partial charge in [-0.3, -0.25) is 0 Å². The molecule has 3 N–H and O–H groups in total. The second-order valence-electron chi connectivity index (χ2n) is 3.38. The molecule has 2 aromatic rings. The van der Waals surface area contributed by atoms with Crippen molar-refractivity contribution < 1.29 is 0 Å². The van der Waals surface area contributed by atoms with Crippen molar-refractivity contribution in [3.63, 3.8) is 0 Å². The number of para-hydroxylation sites is 1. The van der Waals surface area contributed by atoms with Crippen molar-refractivity contribution in [3.8, 4) is 0 Å². The van der Waals surface area contributed by atoms with Crippen LogP contribution in [-0.2, 0) is 13.1 Å². The summed E-state index contributed by atoms with van der Waals surface area (Å²) in [6, 6.07) is 12.2. The highest BCUT2D eigenvalue weighted by Gasteiger charge is 1.97. The monoisotopic (exact) mass is 218 g/mol. The predicted molar refractivity (Wildman–Crippen MR) is 65.7 cm³/mol. The second-order valence-corrected chi connectivity index (χ2v) is 4.41. The average Bonchev–Trinajstić information content (AvgIpc) is 2.74. The van der Waals surface area contributed by atoms with Gasteiger partial charge in [-0.15, -0.1) is 11.3 Å². The van der Waals surface area contributed by atoms with Gasteiger partial charge in [0.05, 0.1) is 0 Å². The average molecular weight is 218 g/mol. The molecule has 1 heterocycles. The summed E-state index contributed by atoms with van der Waals surface area (Å²) in [4.78, 5) is 1.35. The Bertz CT molecular complexity index is 409. The maximum Gasteiger partial charge on any atom is 0.0359 e. The molecule has 0 aliphatic heterocycles. The van der Waals surface area contributed by atoms with E-state index in [0.717, 1.165) is 24.3 Å². The van der Waals surface area contributed by atoms with Gasteiger partial charge in [0.25, 0.3) is 0 Å². The van der Waals surface area contributed by atoms with Crippen LogP contribution in [0.5, 0.6) is 0 Å². The zero-order valence-corrected chi connectivity index (χ0v) is 9.26. The van der Waals surface area contributed by atoms with E-state index < -0.39 is 0 Å². The Balaban J connectivity index is 1.86. The number of nitrogens with one attached hydrogen (secondary N) is 1. The van der Waals surface area contributed by atoms with Crippen molar-refractivity contribution in [2.24, 2.45) is 0 Å². The Morgan fingerprint density at radius 2 is 1.93 bits per heavy atom. The van der Waals surface area contributed by atoms with Crippen LogP contribution in [0.2, 0.25) is 0 Å². The molecule has 2 nitrogen and oxygen atoms in total. The molecule has 3 heteroatoms. The number of nitrogens with two attached hydrogens (primary N) is 1. The van der Waals surface area contributed by atoms with Crippen molar-refractivity contribution in [1.29, 1.82) is 0 Å². The third-order valence-electron chi connectivity index (χ3n) is 2.25. The largest absolute Gasteiger partial charge is 0.398 e. The topological polar surface area (TPSA) is 38.0 Å². The SMILES string of the molecule is Nc1ccccc1CNCc1cccs1. The maximum atomic E-state index is 5.84. The lowest BCUT2D eigenvalue weighted by Gasteiger charge is -2.06. The van der Waals surface area contributed by atoms with E-state index in [-0.39, 0.29) is 0 Å². The standard InChI is InChI=1S/C12H14N2S/c13-12-6-2-1-4-10(12)8-14-9-11-5-3-7-15-11/h1-7,14H,8-9,13H2. The predicted octanol–water partition coefficient (Wildman–Crippen LogP) is 2.62. The maximum absolute atomic E-state index is 5.84. The van der Waals surface area contributed by atoms with Crippen molar-refractivity contribution in [2.75, 3.05) is 5.73 Å². The molecule has 0 saturated heterocycles. The van der Waals surface area contributed by atoms with Gasteiger partial charge in [-0.25, -0.2) is 0 Å². The molecule has 0 saturated carbocycles. The second kappa shape index (κ2) is 4.96. The number of hydrogen-bond donors (Lipinski definition) is 2. The summed E-state index contributed by atoms with van der Waals surface area (Å²) in [7, 11) is 0. The molecule has 78 valence electrons. The quantitative estimate of drug-likeness (QED) is 0.774. The number of thiophene rings is 1.